The van der Waals surface area contributed by atoms with E-state index in [1.165, 1.54) is 0 Å². The molecule has 18 heavy (non-hydrogen) atoms. The Morgan fingerprint density at radius 1 is 1.06 bits per heavy atom. The first-order valence-corrected chi connectivity index (χ1v) is 6.29. The lowest BCUT2D eigenvalue weighted by atomic mass is 10.1. The van der Waals surface area contributed by atoms with Crippen molar-refractivity contribution in [2.45, 2.75) is 19.3 Å². The third-order valence-electron chi connectivity index (χ3n) is 3.31. The number of amides is 1. The molecule has 0 atom stereocenters. The smallest absolute Gasteiger partial charge is 0.226 e. The Hall–Kier alpha value is -2.03. The van der Waals surface area contributed by atoms with Gasteiger partial charge in [-0.05, 0) is 49.2 Å². The second-order valence-corrected chi connectivity index (χ2v) is 4.53. The molecule has 3 heteroatoms. The zero-order valence-electron chi connectivity index (χ0n) is 10.1. The monoisotopic (exact) mass is 241 g/mol. The molecule has 0 unspecified atom stereocenters. The van der Waals surface area contributed by atoms with Crippen LogP contribution in [0.3, 0.4) is 0 Å². The van der Waals surface area contributed by atoms with Crippen molar-refractivity contribution in [2.24, 2.45) is 0 Å². The van der Waals surface area contributed by atoms with Crippen LogP contribution in [0.25, 0.3) is 11.3 Å². The maximum Gasteiger partial charge on any atom is 0.226 e. The molecule has 0 N–H and O–H groups in total. The van der Waals surface area contributed by atoms with E-state index in [9.17, 15) is 4.79 Å². The number of benzene rings is 1. The predicted octanol–water partition coefficient (Wildman–Crippen LogP) is 3.46. The van der Waals surface area contributed by atoms with Crippen LogP contribution >= 0.6 is 0 Å². The fourth-order valence-electron chi connectivity index (χ4n) is 2.33. The third kappa shape index (κ3) is 2.04. The molecule has 1 amide bonds. The van der Waals surface area contributed by atoms with E-state index in [1.54, 1.807) is 6.26 Å². The van der Waals surface area contributed by atoms with Gasteiger partial charge in [0.1, 0.15) is 5.76 Å². The number of anilines is 1. The van der Waals surface area contributed by atoms with Gasteiger partial charge in [0.05, 0.1) is 6.26 Å². The summed E-state index contributed by atoms with van der Waals surface area (Å²) in [4.78, 5) is 13.7. The van der Waals surface area contributed by atoms with Crippen molar-refractivity contribution in [3.63, 3.8) is 0 Å². The van der Waals surface area contributed by atoms with Crippen molar-refractivity contribution in [3.05, 3.63) is 42.7 Å². The fraction of sp³-hybridized carbons (Fsp3) is 0.267. The molecule has 0 aliphatic carbocycles. The topological polar surface area (TPSA) is 33.5 Å². The molecule has 1 aliphatic heterocycles. The maximum atomic E-state index is 11.8. The molecule has 3 rings (SSSR count). The van der Waals surface area contributed by atoms with E-state index in [-0.39, 0.29) is 5.91 Å². The highest BCUT2D eigenvalue weighted by Gasteiger charge is 2.19. The Bertz CT molecular complexity index is 528. The van der Waals surface area contributed by atoms with Crippen LogP contribution in [-0.4, -0.2) is 12.5 Å². The Morgan fingerprint density at radius 3 is 2.56 bits per heavy atom. The molecule has 92 valence electrons. The number of furan rings is 1. The van der Waals surface area contributed by atoms with Gasteiger partial charge in [-0.1, -0.05) is 0 Å². The summed E-state index contributed by atoms with van der Waals surface area (Å²) in [7, 11) is 0. The molecule has 1 aliphatic rings. The average Bonchev–Trinajstić information content (AvgIpc) is 2.94. The van der Waals surface area contributed by atoms with Crippen LogP contribution in [0, 0.1) is 0 Å². The molecule has 0 spiro atoms. The van der Waals surface area contributed by atoms with Crippen LogP contribution in [0.15, 0.2) is 47.1 Å². The maximum absolute atomic E-state index is 11.8. The first kappa shape index (κ1) is 11.1. The van der Waals surface area contributed by atoms with Crippen LogP contribution in [0.5, 0.6) is 0 Å². The number of piperidine rings is 1. The average molecular weight is 241 g/mol. The summed E-state index contributed by atoms with van der Waals surface area (Å²) in [6.07, 6.45) is 4.43. The number of carbonyl (C=O) groups is 1. The molecule has 0 bridgehead atoms. The highest BCUT2D eigenvalue weighted by atomic mass is 16.3. The van der Waals surface area contributed by atoms with Gasteiger partial charge in [-0.3, -0.25) is 4.79 Å². The second-order valence-electron chi connectivity index (χ2n) is 4.53. The lowest BCUT2D eigenvalue weighted by molar-refractivity contribution is -0.119. The van der Waals surface area contributed by atoms with Crippen molar-refractivity contribution in [1.82, 2.24) is 0 Å². The highest BCUT2D eigenvalue weighted by Crippen LogP contribution is 2.25. The Labute approximate surface area is 106 Å². The summed E-state index contributed by atoms with van der Waals surface area (Å²) in [6.45, 7) is 0.832. The first-order valence-electron chi connectivity index (χ1n) is 6.29. The van der Waals surface area contributed by atoms with Crippen molar-refractivity contribution >= 4 is 11.6 Å². The molecule has 1 saturated heterocycles. The van der Waals surface area contributed by atoms with Crippen LogP contribution in [-0.2, 0) is 4.79 Å². The van der Waals surface area contributed by atoms with Gasteiger partial charge in [0.25, 0.3) is 0 Å². The largest absolute Gasteiger partial charge is 0.464 e. The van der Waals surface area contributed by atoms with Gasteiger partial charge in [0.15, 0.2) is 0 Å². The zero-order valence-corrected chi connectivity index (χ0v) is 10.1. The fourth-order valence-corrected chi connectivity index (χ4v) is 2.33. The molecule has 1 aromatic carbocycles. The number of carbonyl (C=O) groups excluding carboxylic acids is 1. The van der Waals surface area contributed by atoms with E-state index in [1.807, 2.05) is 41.3 Å². The summed E-state index contributed by atoms with van der Waals surface area (Å²) >= 11 is 0. The number of nitrogens with zero attached hydrogens (tertiary/aromatic N) is 1. The summed E-state index contributed by atoms with van der Waals surface area (Å²) in [6, 6.07) is 11.8. The van der Waals surface area contributed by atoms with Crippen LogP contribution in [0.1, 0.15) is 19.3 Å². The third-order valence-corrected chi connectivity index (χ3v) is 3.31. The van der Waals surface area contributed by atoms with Crippen molar-refractivity contribution < 1.29 is 9.21 Å². The van der Waals surface area contributed by atoms with Gasteiger partial charge in [-0.25, -0.2) is 0 Å². The molecule has 3 nitrogen and oxygen atoms in total. The SMILES string of the molecule is O=C1CCCCN1c1ccc(-c2ccco2)cc1. The van der Waals surface area contributed by atoms with Crippen LogP contribution in [0.4, 0.5) is 5.69 Å². The van der Waals surface area contributed by atoms with Gasteiger partial charge in [-0.2, -0.15) is 0 Å². The minimum atomic E-state index is 0.229. The van der Waals surface area contributed by atoms with Gasteiger partial charge in [0.2, 0.25) is 5.91 Å². The second kappa shape index (κ2) is 4.69. The van der Waals surface area contributed by atoms with Gasteiger partial charge < -0.3 is 9.32 Å². The molecular formula is C15H15NO2. The number of hydrogen-bond acceptors (Lipinski definition) is 2. The summed E-state index contributed by atoms with van der Waals surface area (Å²) in [5, 5.41) is 0. The molecule has 0 saturated carbocycles. The summed E-state index contributed by atoms with van der Waals surface area (Å²) in [5.74, 6) is 1.08. The van der Waals surface area contributed by atoms with E-state index in [0.29, 0.717) is 6.42 Å². The summed E-state index contributed by atoms with van der Waals surface area (Å²) < 4.78 is 5.35. The zero-order chi connectivity index (χ0) is 12.4. The standard InChI is InChI=1S/C15H15NO2/c17-15-5-1-2-10-16(15)13-8-6-12(7-9-13)14-4-3-11-18-14/h3-4,6-9,11H,1-2,5,10H2. The van der Waals surface area contributed by atoms with E-state index < -0.39 is 0 Å². The molecule has 2 aromatic rings. The quantitative estimate of drug-likeness (QED) is 0.806. The number of hydrogen-bond donors (Lipinski definition) is 0. The van der Waals surface area contributed by atoms with E-state index in [4.69, 9.17) is 4.42 Å². The van der Waals surface area contributed by atoms with Crippen molar-refractivity contribution in [1.29, 1.82) is 0 Å². The van der Waals surface area contributed by atoms with E-state index in [2.05, 4.69) is 0 Å². The molecular weight excluding hydrogens is 226 g/mol. The lowest BCUT2D eigenvalue weighted by Crippen LogP contribution is -2.35. The van der Waals surface area contributed by atoms with E-state index >= 15 is 0 Å². The minimum Gasteiger partial charge on any atom is -0.464 e. The van der Waals surface area contributed by atoms with Crippen LogP contribution in [0.2, 0.25) is 0 Å². The van der Waals surface area contributed by atoms with Gasteiger partial charge in [-0.15, -0.1) is 0 Å². The molecule has 2 heterocycles. The lowest BCUT2D eigenvalue weighted by Gasteiger charge is -2.26. The molecule has 1 fully saturated rings. The normalized spacial score (nSPS) is 16.0. The first-order chi connectivity index (χ1) is 8.84. The molecule has 1 aromatic heterocycles. The predicted molar refractivity (Wildman–Crippen MR) is 70.3 cm³/mol. The Balaban J connectivity index is 1.84. The number of rotatable bonds is 2. The van der Waals surface area contributed by atoms with Crippen molar-refractivity contribution in [2.75, 3.05) is 11.4 Å². The van der Waals surface area contributed by atoms with Gasteiger partial charge in [0, 0.05) is 24.2 Å². The Morgan fingerprint density at radius 2 is 1.89 bits per heavy atom. The van der Waals surface area contributed by atoms with Crippen molar-refractivity contribution in [3.8, 4) is 11.3 Å². The molecule has 0 radical (unpaired) electrons. The Kier molecular flexibility index (Phi) is 2.89. The van der Waals surface area contributed by atoms with E-state index in [0.717, 1.165) is 36.4 Å². The minimum absolute atomic E-state index is 0.229. The highest BCUT2D eigenvalue weighted by molar-refractivity contribution is 5.94. The summed E-state index contributed by atoms with van der Waals surface area (Å²) in [5.41, 5.74) is 2.02. The van der Waals surface area contributed by atoms with Crippen LogP contribution < -0.4 is 4.90 Å². The van der Waals surface area contributed by atoms with Gasteiger partial charge >= 0.3 is 0 Å².